The van der Waals surface area contributed by atoms with E-state index < -0.39 is 11.8 Å². The summed E-state index contributed by atoms with van der Waals surface area (Å²) in [6.07, 6.45) is 1.55. The third-order valence-corrected chi connectivity index (χ3v) is 2.26. The molecule has 2 rings (SSSR count). The van der Waals surface area contributed by atoms with Crippen molar-refractivity contribution in [2.75, 3.05) is 18.8 Å². The predicted molar refractivity (Wildman–Crippen MR) is 56.4 cm³/mol. The van der Waals surface area contributed by atoms with Crippen molar-refractivity contribution in [3.8, 4) is 0 Å². The minimum atomic E-state index is -0.477. The number of rotatable bonds is 2. The minimum Gasteiger partial charge on any atom is -0.382 e. The lowest BCUT2D eigenvalue weighted by atomic mass is 10.3. The van der Waals surface area contributed by atoms with Gasteiger partial charge < -0.3 is 10.6 Å². The second-order valence-corrected chi connectivity index (χ2v) is 3.66. The van der Waals surface area contributed by atoms with E-state index in [0.29, 0.717) is 5.82 Å². The normalized spacial score (nSPS) is 15.9. The molecule has 8 nitrogen and oxygen atoms in total. The molecule has 1 saturated heterocycles. The van der Waals surface area contributed by atoms with Crippen molar-refractivity contribution < 1.29 is 14.4 Å². The molecule has 1 fully saturated rings. The highest BCUT2D eigenvalue weighted by atomic mass is 16.2. The number of nitrogens with zero attached hydrogens (tertiary/aromatic N) is 3. The Bertz CT molecular complexity index is 465. The maximum absolute atomic E-state index is 11.8. The third-order valence-electron chi connectivity index (χ3n) is 2.26. The van der Waals surface area contributed by atoms with E-state index in [4.69, 9.17) is 5.73 Å². The molecule has 0 aromatic carbocycles. The van der Waals surface area contributed by atoms with Crippen LogP contribution in [0, 0.1) is 0 Å². The first-order chi connectivity index (χ1) is 8.04. The summed E-state index contributed by atoms with van der Waals surface area (Å²) in [6.45, 7) is -0.263. The highest BCUT2D eigenvalue weighted by Gasteiger charge is 2.26. The van der Waals surface area contributed by atoms with Gasteiger partial charge in [-0.05, 0) is 6.07 Å². The van der Waals surface area contributed by atoms with E-state index in [0.717, 1.165) is 0 Å². The summed E-state index contributed by atoms with van der Waals surface area (Å²) in [6, 6.07) is 1.56. The molecule has 1 aromatic rings. The molecule has 0 aliphatic carbocycles. The molecule has 0 unspecified atom stereocenters. The first kappa shape index (κ1) is 11.1. The summed E-state index contributed by atoms with van der Waals surface area (Å²) in [5.74, 6) is -0.995. The van der Waals surface area contributed by atoms with Gasteiger partial charge in [0, 0.05) is 6.20 Å². The molecule has 0 radical (unpaired) electrons. The van der Waals surface area contributed by atoms with Crippen LogP contribution in [0.4, 0.5) is 5.82 Å². The number of carbonyl (C=O) groups is 3. The number of nitrogens with one attached hydrogen (secondary N) is 1. The molecule has 3 amide bonds. The zero-order chi connectivity index (χ0) is 12.4. The van der Waals surface area contributed by atoms with Crippen molar-refractivity contribution >= 4 is 23.5 Å². The van der Waals surface area contributed by atoms with E-state index in [1.807, 2.05) is 0 Å². The summed E-state index contributed by atoms with van der Waals surface area (Å²) >= 11 is 0. The molecular weight excluding hydrogens is 226 g/mol. The van der Waals surface area contributed by atoms with Crippen LogP contribution in [0.5, 0.6) is 0 Å². The molecule has 0 atom stereocenters. The number of amides is 3. The van der Waals surface area contributed by atoms with Gasteiger partial charge in [-0.15, -0.1) is 0 Å². The van der Waals surface area contributed by atoms with Gasteiger partial charge in [-0.2, -0.15) is 5.10 Å². The van der Waals surface area contributed by atoms with Gasteiger partial charge >= 0.3 is 0 Å². The number of aromatic nitrogens is 2. The second-order valence-electron chi connectivity index (χ2n) is 3.66. The lowest BCUT2D eigenvalue weighted by Gasteiger charge is -2.25. The number of anilines is 1. The summed E-state index contributed by atoms with van der Waals surface area (Å²) in [5, 5.41) is 5.96. The highest BCUT2D eigenvalue weighted by molar-refractivity contribution is 6.02. The molecule has 8 heteroatoms. The van der Waals surface area contributed by atoms with Crippen LogP contribution in [-0.4, -0.2) is 45.5 Å². The van der Waals surface area contributed by atoms with Crippen LogP contribution >= 0.6 is 0 Å². The van der Waals surface area contributed by atoms with Gasteiger partial charge in [-0.25, -0.2) is 0 Å². The number of nitrogens with two attached hydrogens (primary N) is 1. The molecule has 1 aromatic heterocycles. The fourth-order valence-corrected chi connectivity index (χ4v) is 1.52. The molecule has 0 spiro atoms. The van der Waals surface area contributed by atoms with E-state index in [1.54, 1.807) is 12.3 Å². The Kier molecular flexibility index (Phi) is 2.77. The first-order valence-corrected chi connectivity index (χ1v) is 4.94. The lowest BCUT2D eigenvalue weighted by molar-refractivity contribution is -0.145. The van der Waals surface area contributed by atoms with Crippen LogP contribution in [0.3, 0.4) is 0 Å². The standard InChI is InChI=1S/C9H11N5O3/c10-6-1-2-14(12-6)5-9(17)13-3-7(15)11-8(16)4-13/h1-2H,3-5H2,(H2,10,12)(H,11,15,16). The van der Waals surface area contributed by atoms with Crippen LogP contribution in [-0.2, 0) is 20.9 Å². The number of carbonyl (C=O) groups excluding carboxylic acids is 3. The quantitative estimate of drug-likeness (QED) is 0.575. The SMILES string of the molecule is Nc1ccn(CC(=O)N2CC(=O)NC(=O)C2)n1. The summed E-state index contributed by atoms with van der Waals surface area (Å²) in [7, 11) is 0. The van der Waals surface area contributed by atoms with E-state index in [-0.39, 0.29) is 25.5 Å². The molecule has 2 heterocycles. The summed E-state index contributed by atoms with van der Waals surface area (Å²) < 4.78 is 1.36. The van der Waals surface area contributed by atoms with Crippen molar-refractivity contribution in [3.63, 3.8) is 0 Å². The van der Waals surface area contributed by atoms with Crippen LogP contribution in [0.1, 0.15) is 0 Å². The van der Waals surface area contributed by atoms with E-state index >= 15 is 0 Å². The molecule has 1 aliphatic rings. The summed E-state index contributed by atoms with van der Waals surface area (Å²) in [5.41, 5.74) is 5.40. The van der Waals surface area contributed by atoms with Gasteiger partial charge in [-0.3, -0.25) is 24.4 Å². The van der Waals surface area contributed by atoms with Gasteiger partial charge in [0.25, 0.3) is 0 Å². The molecule has 3 N–H and O–H groups in total. The number of imide groups is 1. The van der Waals surface area contributed by atoms with Crippen LogP contribution in [0.2, 0.25) is 0 Å². The fourth-order valence-electron chi connectivity index (χ4n) is 1.52. The van der Waals surface area contributed by atoms with Gasteiger partial charge in [0.1, 0.15) is 25.5 Å². The molecule has 17 heavy (non-hydrogen) atoms. The maximum atomic E-state index is 11.8. The number of nitrogen functional groups attached to an aromatic ring is 1. The third kappa shape index (κ3) is 2.60. The van der Waals surface area contributed by atoms with Gasteiger partial charge in [0.15, 0.2) is 0 Å². The average molecular weight is 237 g/mol. The van der Waals surface area contributed by atoms with Crippen molar-refractivity contribution in [3.05, 3.63) is 12.3 Å². The first-order valence-electron chi connectivity index (χ1n) is 4.94. The average Bonchev–Trinajstić information content (AvgIpc) is 2.62. The number of hydrogen-bond acceptors (Lipinski definition) is 5. The largest absolute Gasteiger partial charge is 0.382 e. The van der Waals surface area contributed by atoms with E-state index in [2.05, 4.69) is 10.4 Å². The molecular formula is C9H11N5O3. The van der Waals surface area contributed by atoms with Crippen molar-refractivity contribution in [1.29, 1.82) is 0 Å². The van der Waals surface area contributed by atoms with Gasteiger partial charge in [-0.1, -0.05) is 0 Å². The van der Waals surface area contributed by atoms with Gasteiger partial charge in [0.05, 0.1) is 0 Å². The van der Waals surface area contributed by atoms with Crippen molar-refractivity contribution in [1.82, 2.24) is 20.0 Å². The van der Waals surface area contributed by atoms with Crippen molar-refractivity contribution in [2.24, 2.45) is 0 Å². The molecule has 0 bridgehead atoms. The molecule has 90 valence electrons. The Morgan fingerprint density at radius 3 is 2.59 bits per heavy atom. The maximum Gasteiger partial charge on any atom is 0.246 e. The Morgan fingerprint density at radius 2 is 2.06 bits per heavy atom. The molecule has 0 saturated carbocycles. The topological polar surface area (TPSA) is 110 Å². The lowest BCUT2D eigenvalue weighted by Crippen LogP contribution is -2.54. The predicted octanol–water partition coefficient (Wildman–Crippen LogP) is -2.05. The zero-order valence-electron chi connectivity index (χ0n) is 8.92. The Hall–Kier alpha value is -2.38. The van der Waals surface area contributed by atoms with Gasteiger partial charge in [0.2, 0.25) is 17.7 Å². The number of piperazine rings is 1. The highest BCUT2D eigenvalue weighted by Crippen LogP contribution is 2.00. The minimum absolute atomic E-state index is 0.0439. The Balaban J connectivity index is 2.00. The van der Waals surface area contributed by atoms with E-state index in [1.165, 1.54) is 9.58 Å². The zero-order valence-corrected chi connectivity index (χ0v) is 8.92. The Labute approximate surface area is 96.4 Å². The summed E-state index contributed by atoms with van der Waals surface area (Å²) in [4.78, 5) is 35.1. The van der Waals surface area contributed by atoms with E-state index in [9.17, 15) is 14.4 Å². The van der Waals surface area contributed by atoms with Crippen LogP contribution in [0.25, 0.3) is 0 Å². The molecule has 1 aliphatic heterocycles. The second kappa shape index (κ2) is 4.24. The Morgan fingerprint density at radius 1 is 1.41 bits per heavy atom. The van der Waals surface area contributed by atoms with Crippen LogP contribution in [0.15, 0.2) is 12.3 Å². The van der Waals surface area contributed by atoms with Crippen molar-refractivity contribution in [2.45, 2.75) is 6.54 Å². The van der Waals surface area contributed by atoms with Crippen LogP contribution < -0.4 is 11.1 Å². The monoisotopic (exact) mass is 237 g/mol. The fraction of sp³-hybridized carbons (Fsp3) is 0.333. The smallest absolute Gasteiger partial charge is 0.246 e. The number of hydrogen-bond donors (Lipinski definition) is 2.